The average Bonchev–Trinajstić information content (AvgIpc) is 2.70. The monoisotopic (exact) mass is 474 g/mol. The van der Waals surface area contributed by atoms with E-state index in [1.807, 2.05) is 5.32 Å². The Kier molecular flexibility index (Phi) is 31.3. The van der Waals surface area contributed by atoms with Crippen LogP contribution in [-0.2, 0) is 9.53 Å². The van der Waals surface area contributed by atoms with Gasteiger partial charge in [-0.05, 0) is 13.3 Å². The molecule has 0 spiro atoms. The first-order valence-corrected chi connectivity index (χ1v) is 12.3. The number of hydrogen-bond acceptors (Lipinski definition) is 5. The first-order chi connectivity index (χ1) is 15.7. The number of unbranched alkanes of at least 4 members (excludes halogenated alkanes) is 14. The SMILES string of the molecule is CCCCCCCCCCCCCCCCCC(=O)O.CCOC(N)=O.N=C(N)NC(=N)N. The molecule has 10 heteroatoms. The molecule has 0 aliphatic carbocycles. The third kappa shape index (κ3) is 48.2. The van der Waals surface area contributed by atoms with Gasteiger partial charge in [0, 0.05) is 6.42 Å². The zero-order valence-corrected chi connectivity index (χ0v) is 20.9. The molecule has 0 aromatic carbocycles. The van der Waals surface area contributed by atoms with Gasteiger partial charge in [-0.25, -0.2) is 4.79 Å². The number of carboxylic acids is 1. The highest BCUT2D eigenvalue weighted by atomic mass is 16.5. The lowest BCUT2D eigenvalue weighted by atomic mass is 10.0. The number of guanidine groups is 2. The maximum Gasteiger partial charge on any atom is 0.404 e. The molecule has 0 heterocycles. The second-order valence-corrected chi connectivity index (χ2v) is 7.80. The van der Waals surface area contributed by atoms with Gasteiger partial charge in [-0.3, -0.25) is 20.9 Å². The highest BCUT2D eigenvalue weighted by molar-refractivity contribution is 5.93. The van der Waals surface area contributed by atoms with Crippen LogP contribution in [0.3, 0.4) is 0 Å². The van der Waals surface area contributed by atoms with E-state index in [9.17, 15) is 9.59 Å². The van der Waals surface area contributed by atoms with Crippen molar-refractivity contribution in [1.29, 1.82) is 10.8 Å². The predicted octanol–water partition coefficient (Wildman–Crippen LogP) is 4.80. The smallest absolute Gasteiger partial charge is 0.404 e. The molecule has 0 fully saturated rings. The highest BCUT2D eigenvalue weighted by Crippen LogP contribution is 2.13. The Labute approximate surface area is 200 Å². The summed E-state index contributed by atoms with van der Waals surface area (Å²) in [5.74, 6) is -1.28. The summed E-state index contributed by atoms with van der Waals surface area (Å²) in [6, 6.07) is 0. The summed E-state index contributed by atoms with van der Waals surface area (Å²) >= 11 is 0. The number of nitrogens with one attached hydrogen (secondary N) is 3. The molecule has 0 aliphatic heterocycles. The minimum absolute atomic E-state index is 0.312. The molecule has 10 N–H and O–H groups in total. The maximum atomic E-state index is 10.3. The third-order valence-corrected chi connectivity index (χ3v) is 4.55. The molecule has 0 radical (unpaired) electrons. The molecule has 33 heavy (non-hydrogen) atoms. The van der Waals surface area contributed by atoms with Crippen LogP contribution < -0.4 is 22.5 Å². The van der Waals surface area contributed by atoms with E-state index >= 15 is 0 Å². The number of rotatable bonds is 17. The molecule has 10 nitrogen and oxygen atoms in total. The Hall–Kier alpha value is -2.52. The minimum Gasteiger partial charge on any atom is -0.481 e. The second-order valence-electron chi connectivity index (χ2n) is 7.80. The molecule has 0 aromatic rings. The van der Waals surface area contributed by atoms with E-state index in [1.165, 1.54) is 83.5 Å². The molecule has 0 aromatic heterocycles. The quantitative estimate of drug-likeness (QED) is 0.0890. The predicted molar refractivity (Wildman–Crippen MR) is 135 cm³/mol. The second kappa shape index (κ2) is 29.5. The molecule has 196 valence electrons. The van der Waals surface area contributed by atoms with E-state index < -0.39 is 12.1 Å². The molecule has 0 bridgehead atoms. The lowest BCUT2D eigenvalue weighted by Crippen LogP contribution is -2.39. The first kappa shape index (κ1) is 35.1. The van der Waals surface area contributed by atoms with Crippen LogP contribution in [-0.4, -0.2) is 35.7 Å². The Morgan fingerprint density at radius 2 is 1.03 bits per heavy atom. The Morgan fingerprint density at radius 1 is 0.697 bits per heavy atom. The molecular weight excluding hydrogens is 424 g/mol. The Balaban J connectivity index is -0.000000563. The van der Waals surface area contributed by atoms with Gasteiger partial charge in [0.15, 0.2) is 11.9 Å². The van der Waals surface area contributed by atoms with Crippen molar-refractivity contribution < 1.29 is 19.4 Å². The van der Waals surface area contributed by atoms with Crippen LogP contribution in [0.1, 0.15) is 117 Å². The van der Waals surface area contributed by atoms with Gasteiger partial charge >= 0.3 is 12.1 Å². The number of carboxylic acid groups (broad SMARTS) is 1. The number of aliphatic carboxylic acids is 1. The van der Waals surface area contributed by atoms with E-state index in [0.29, 0.717) is 13.0 Å². The van der Waals surface area contributed by atoms with Crippen LogP contribution in [0.15, 0.2) is 0 Å². The number of ether oxygens (including phenoxy) is 1. The van der Waals surface area contributed by atoms with E-state index in [-0.39, 0.29) is 11.9 Å². The summed E-state index contributed by atoms with van der Waals surface area (Å²) in [6.45, 7) is 4.33. The fraction of sp³-hybridized carbons (Fsp3) is 0.826. The number of primary amides is 1. The van der Waals surface area contributed by atoms with Gasteiger partial charge in [0.25, 0.3) is 0 Å². The Bertz CT molecular complexity index is 478. The van der Waals surface area contributed by atoms with Crippen molar-refractivity contribution in [3.05, 3.63) is 0 Å². The van der Waals surface area contributed by atoms with E-state index in [0.717, 1.165) is 12.8 Å². The Morgan fingerprint density at radius 3 is 1.21 bits per heavy atom. The van der Waals surface area contributed by atoms with Crippen LogP contribution >= 0.6 is 0 Å². The average molecular weight is 475 g/mol. The molecule has 0 unspecified atom stereocenters. The fourth-order valence-corrected chi connectivity index (χ4v) is 2.93. The summed E-state index contributed by atoms with van der Waals surface area (Å²) < 4.78 is 4.18. The number of nitrogens with two attached hydrogens (primary N) is 3. The lowest BCUT2D eigenvalue weighted by Gasteiger charge is -2.03. The summed E-state index contributed by atoms with van der Waals surface area (Å²) in [5, 5.41) is 23.5. The van der Waals surface area contributed by atoms with Crippen molar-refractivity contribution in [1.82, 2.24) is 5.32 Å². The number of hydrogen-bond donors (Lipinski definition) is 7. The van der Waals surface area contributed by atoms with Gasteiger partial charge < -0.3 is 27.0 Å². The standard InChI is InChI=1S/C18H36O2.C3H7NO2.C2H7N5/c1-2-3-4-5-6-7-8-9-10-11-12-13-14-15-16-17-18(19)20;1-2-6-3(4)5;3-1(4)7-2(5)6/h2-17H2,1H3,(H,19,20);2H2,1H3,(H2,4,5);(H7,3,4,5,6,7). The van der Waals surface area contributed by atoms with Crippen LogP contribution in [0, 0.1) is 10.8 Å². The molecule has 0 saturated heterocycles. The van der Waals surface area contributed by atoms with Crippen LogP contribution in [0.5, 0.6) is 0 Å². The number of carbonyl (C=O) groups is 2. The highest BCUT2D eigenvalue weighted by Gasteiger charge is 1.97. The van der Waals surface area contributed by atoms with E-state index in [1.54, 1.807) is 6.92 Å². The largest absolute Gasteiger partial charge is 0.481 e. The van der Waals surface area contributed by atoms with Gasteiger partial charge in [-0.1, -0.05) is 96.8 Å². The van der Waals surface area contributed by atoms with Crippen LogP contribution in [0.4, 0.5) is 4.79 Å². The van der Waals surface area contributed by atoms with Crippen molar-refractivity contribution in [2.75, 3.05) is 6.61 Å². The lowest BCUT2D eigenvalue weighted by molar-refractivity contribution is -0.137. The molecular formula is C23H50N6O4. The van der Waals surface area contributed by atoms with Crippen molar-refractivity contribution in [2.24, 2.45) is 17.2 Å². The molecule has 0 rings (SSSR count). The number of carbonyl (C=O) groups excluding carboxylic acids is 1. The zero-order chi connectivity index (χ0) is 25.7. The van der Waals surface area contributed by atoms with E-state index in [4.69, 9.17) is 27.4 Å². The number of amides is 1. The molecule has 0 aliphatic rings. The van der Waals surface area contributed by atoms with Crippen molar-refractivity contribution in [3.63, 3.8) is 0 Å². The van der Waals surface area contributed by atoms with E-state index in [2.05, 4.69) is 17.4 Å². The summed E-state index contributed by atoms with van der Waals surface area (Å²) in [4.78, 5) is 19.9. The third-order valence-electron chi connectivity index (χ3n) is 4.55. The van der Waals surface area contributed by atoms with Crippen LogP contribution in [0.25, 0.3) is 0 Å². The van der Waals surface area contributed by atoms with Gasteiger partial charge in [-0.15, -0.1) is 0 Å². The fourth-order valence-electron chi connectivity index (χ4n) is 2.93. The molecule has 0 atom stereocenters. The summed E-state index contributed by atoms with van der Waals surface area (Å²) in [6.07, 6.45) is 19.5. The van der Waals surface area contributed by atoms with Gasteiger partial charge in [0.1, 0.15) is 0 Å². The maximum absolute atomic E-state index is 10.3. The van der Waals surface area contributed by atoms with Gasteiger partial charge in [0.2, 0.25) is 0 Å². The van der Waals surface area contributed by atoms with Crippen molar-refractivity contribution in [3.8, 4) is 0 Å². The zero-order valence-electron chi connectivity index (χ0n) is 20.9. The van der Waals surface area contributed by atoms with Gasteiger partial charge in [-0.2, -0.15) is 0 Å². The van der Waals surface area contributed by atoms with Crippen LogP contribution in [0.2, 0.25) is 0 Å². The summed E-state index contributed by atoms with van der Waals surface area (Å²) in [5.41, 5.74) is 14.0. The topological polar surface area (TPSA) is 201 Å². The molecule has 0 saturated carbocycles. The minimum atomic E-state index is -0.711. The van der Waals surface area contributed by atoms with Crippen molar-refractivity contribution in [2.45, 2.75) is 117 Å². The normalized spacial score (nSPS) is 9.52. The molecule has 1 amide bonds. The first-order valence-electron chi connectivity index (χ1n) is 12.3. The van der Waals surface area contributed by atoms with Gasteiger partial charge in [0.05, 0.1) is 6.61 Å². The van der Waals surface area contributed by atoms with Crippen molar-refractivity contribution >= 4 is 24.0 Å². The summed E-state index contributed by atoms with van der Waals surface area (Å²) in [7, 11) is 0.